The molecule has 0 fully saturated rings. The van der Waals surface area contributed by atoms with Crippen molar-refractivity contribution in [2.75, 3.05) is 40.9 Å². The quantitative estimate of drug-likeness (QED) is 0.0210. The lowest BCUT2D eigenvalue weighted by Crippen LogP contribution is -2.51. The molecule has 10 heteroatoms. The molecule has 0 radical (unpaired) electrons. The van der Waals surface area contributed by atoms with Crippen LogP contribution in [0.1, 0.15) is 200 Å². The number of unbranched alkanes of at least 4 members (excludes halogenated alkanes) is 23. The standard InChI is InChI=1S/C45H89N2O7P/c1-6-8-10-12-14-16-18-20-21-22-23-24-25-26-28-30-32-34-36-38-44(49)46-42(41-54-55(51,52)53-40-39-47(3,4)5)45(50)43(48)37-35-33-31-29-27-19-17-15-13-11-9-7-2/h14,16,20-21,42-43,45,48,50H,6-13,15,17-19,22-41H2,1-5H3,(H-,46,49,51,52)/p+1/b16-14-,21-20-. The van der Waals surface area contributed by atoms with E-state index in [4.69, 9.17) is 9.05 Å². The van der Waals surface area contributed by atoms with E-state index < -0.39 is 32.7 Å². The van der Waals surface area contributed by atoms with Crippen molar-refractivity contribution in [2.24, 2.45) is 0 Å². The van der Waals surface area contributed by atoms with Gasteiger partial charge < -0.3 is 24.9 Å². The van der Waals surface area contributed by atoms with Gasteiger partial charge in [0.1, 0.15) is 19.3 Å². The minimum atomic E-state index is -4.41. The first-order valence-electron chi connectivity index (χ1n) is 22.8. The van der Waals surface area contributed by atoms with Crippen LogP contribution in [0.15, 0.2) is 24.3 Å². The smallest absolute Gasteiger partial charge is 0.390 e. The molecule has 0 bridgehead atoms. The number of nitrogens with zero attached hydrogens (tertiary/aromatic N) is 1. The van der Waals surface area contributed by atoms with Gasteiger partial charge in [-0.25, -0.2) is 4.57 Å². The van der Waals surface area contributed by atoms with Crippen molar-refractivity contribution in [3.8, 4) is 0 Å². The number of amides is 1. The van der Waals surface area contributed by atoms with Gasteiger partial charge in [0.25, 0.3) is 0 Å². The van der Waals surface area contributed by atoms with Gasteiger partial charge >= 0.3 is 7.82 Å². The van der Waals surface area contributed by atoms with Crippen LogP contribution in [0.25, 0.3) is 0 Å². The van der Waals surface area contributed by atoms with Crippen molar-refractivity contribution in [3.63, 3.8) is 0 Å². The maximum Gasteiger partial charge on any atom is 0.472 e. The van der Waals surface area contributed by atoms with E-state index in [1.165, 1.54) is 116 Å². The Hall–Kier alpha value is -1.06. The van der Waals surface area contributed by atoms with Crippen LogP contribution < -0.4 is 5.32 Å². The van der Waals surface area contributed by atoms with Gasteiger partial charge in [-0.3, -0.25) is 13.8 Å². The molecular weight excluding hydrogens is 711 g/mol. The Morgan fingerprint density at radius 2 is 1.07 bits per heavy atom. The Morgan fingerprint density at radius 1 is 0.636 bits per heavy atom. The fourth-order valence-corrected chi connectivity index (χ4v) is 7.32. The van der Waals surface area contributed by atoms with Crippen LogP contribution in [-0.2, 0) is 18.4 Å². The summed E-state index contributed by atoms with van der Waals surface area (Å²) in [4.78, 5) is 23.2. The third-order valence-corrected chi connectivity index (χ3v) is 11.3. The van der Waals surface area contributed by atoms with E-state index in [-0.39, 0.29) is 18.9 Å². The highest BCUT2D eigenvalue weighted by molar-refractivity contribution is 7.47. The number of carbonyl (C=O) groups excluding carboxylic acids is 1. The number of nitrogens with one attached hydrogen (secondary N) is 1. The van der Waals surface area contributed by atoms with Crippen LogP contribution in [0.5, 0.6) is 0 Å². The van der Waals surface area contributed by atoms with Gasteiger partial charge in [0.05, 0.1) is 39.9 Å². The van der Waals surface area contributed by atoms with Gasteiger partial charge in [-0.15, -0.1) is 0 Å². The molecular formula is C45H90N2O7P+. The van der Waals surface area contributed by atoms with Crippen LogP contribution in [0, 0.1) is 0 Å². The monoisotopic (exact) mass is 802 g/mol. The number of quaternary nitrogens is 1. The number of aliphatic hydroxyl groups is 2. The number of carbonyl (C=O) groups is 1. The molecule has 0 rings (SSSR count). The summed E-state index contributed by atoms with van der Waals surface area (Å²) < 4.78 is 23.5. The minimum Gasteiger partial charge on any atom is -0.390 e. The first kappa shape index (κ1) is 53.9. The first-order valence-corrected chi connectivity index (χ1v) is 24.3. The number of hydrogen-bond acceptors (Lipinski definition) is 6. The number of phosphoric ester groups is 1. The van der Waals surface area contributed by atoms with Crippen molar-refractivity contribution < 1.29 is 38.0 Å². The minimum absolute atomic E-state index is 0.0214. The molecule has 4 unspecified atom stereocenters. The Morgan fingerprint density at radius 3 is 1.58 bits per heavy atom. The summed E-state index contributed by atoms with van der Waals surface area (Å²) in [6, 6.07) is -1.03. The summed E-state index contributed by atoms with van der Waals surface area (Å²) in [7, 11) is 1.43. The van der Waals surface area contributed by atoms with E-state index in [2.05, 4.69) is 43.5 Å². The molecule has 0 saturated heterocycles. The molecule has 0 aliphatic rings. The largest absolute Gasteiger partial charge is 0.472 e. The van der Waals surface area contributed by atoms with Crippen LogP contribution in [0.2, 0.25) is 0 Å². The molecule has 4 N–H and O–H groups in total. The summed E-state index contributed by atoms with van der Waals surface area (Å²) in [5.74, 6) is -0.263. The maximum atomic E-state index is 12.9. The molecule has 0 spiro atoms. The lowest BCUT2D eigenvalue weighted by molar-refractivity contribution is -0.870. The van der Waals surface area contributed by atoms with Gasteiger partial charge in [0.2, 0.25) is 5.91 Å². The molecule has 0 aliphatic carbocycles. The van der Waals surface area contributed by atoms with Gasteiger partial charge in [0.15, 0.2) is 0 Å². The highest BCUT2D eigenvalue weighted by atomic mass is 31.2. The third kappa shape index (κ3) is 38.2. The summed E-state index contributed by atoms with van der Waals surface area (Å²) >= 11 is 0. The highest BCUT2D eigenvalue weighted by Crippen LogP contribution is 2.43. The van der Waals surface area contributed by atoms with E-state index in [9.17, 15) is 24.5 Å². The zero-order chi connectivity index (χ0) is 40.9. The lowest BCUT2D eigenvalue weighted by atomic mass is 9.99. The topological polar surface area (TPSA) is 125 Å². The number of phosphoric acid groups is 1. The summed E-state index contributed by atoms with van der Waals surface area (Å²) in [6.07, 6.45) is 39.4. The van der Waals surface area contributed by atoms with Crippen LogP contribution in [-0.4, -0.2) is 84.6 Å². The average molecular weight is 802 g/mol. The van der Waals surface area contributed by atoms with Gasteiger partial charge in [0, 0.05) is 6.42 Å². The molecule has 0 heterocycles. The predicted molar refractivity (Wildman–Crippen MR) is 232 cm³/mol. The fourth-order valence-electron chi connectivity index (χ4n) is 6.58. The number of allylic oxidation sites excluding steroid dienone is 4. The van der Waals surface area contributed by atoms with Crippen molar-refractivity contribution in [1.82, 2.24) is 5.32 Å². The summed E-state index contributed by atoms with van der Waals surface area (Å²) in [6.45, 7) is 4.57. The zero-order valence-corrected chi connectivity index (χ0v) is 37.4. The fraction of sp³-hybridized carbons (Fsp3) is 0.889. The normalized spacial score (nSPS) is 15.1. The van der Waals surface area contributed by atoms with E-state index in [1.54, 1.807) is 0 Å². The average Bonchev–Trinajstić information content (AvgIpc) is 3.13. The summed E-state index contributed by atoms with van der Waals surface area (Å²) in [5.41, 5.74) is 0. The molecule has 0 saturated carbocycles. The highest BCUT2D eigenvalue weighted by Gasteiger charge is 2.31. The molecule has 9 nitrogen and oxygen atoms in total. The SMILES string of the molecule is CCCCC/C=C\C/C=C\CCCCCCCCCCCC(=O)NC(COP(=O)(O)OCC[N+](C)(C)C)C(O)C(O)CCCCCCCCCCCCCC. The van der Waals surface area contributed by atoms with Gasteiger partial charge in [-0.1, -0.05) is 173 Å². The lowest BCUT2D eigenvalue weighted by Gasteiger charge is -2.28. The van der Waals surface area contributed by atoms with E-state index in [0.717, 1.165) is 57.8 Å². The predicted octanol–water partition coefficient (Wildman–Crippen LogP) is 11.5. The molecule has 55 heavy (non-hydrogen) atoms. The number of hydrogen-bond donors (Lipinski definition) is 4. The molecule has 0 aromatic heterocycles. The summed E-state index contributed by atoms with van der Waals surface area (Å²) in [5, 5.41) is 24.7. The van der Waals surface area contributed by atoms with Crippen molar-refractivity contribution in [2.45, 2.75) is 218 Å². The molecule has 0 aliphatic heterocycles. The molecule has 0 aromatic rings. The number of rotatable bonds is 41. The van der Waals surface area contributed by atoms with Crippen molar-refractivity contribution in [3.05, 3.63) is 24.3 Å². The number of aliphatic hydroxyl groups excluding tert-OH is 2. The molecule has 0 aromatic carbocycles. The van der Waals surface area contributed by atoms with Crippen molar-refractivity contribution in [1.29, 1.82) is 0 Å². The van der Waals surface area contributed by atoms with E-state index >= 15 is 0 Å². The van der Waals surface area contributed by atoms with Crippen LogP contribution in [0.4, 0.5) is 0 Å². The van der Waals surface area contributed by atoms with Crippen LogP contribution in [0.3, 0.4) is 0 Å². The maximum absolute atomic E-state index is 12.9. The Kier molecular flexibility index (Phi) is 36.5. The van der Waals surface area contributed by atoms with Crippen LogP contribution >= 0.6 is 7.82 Å². The van der Waals surface area contributed by atoms with Gasteiger partial charge in [-0.05, 0) is 44.9 Å². The number of likely N-dealkylation sites (N-methyl/N-ethyl adjacent to an activating group) is 1. The first-order chi connectivity index (χ1) is 26.4. The second-order valence-electron chi connectivity index (χ2n) is 16.9. The van der Waals surface area contributed by atoms with E-state index in [0.29, 0.717) is 17.4 Å². The second-order valence-corrected chi connectivity index (χ2v) is 18.4. The molecule has 4 atom stereocenters. The molecule has 1 amide bonds. The Balaban J connectivity index is 4.45. The van der Waals surface area contributed by atoms with Gasteiger partial charge in [-0.2, -0.15) is 0 Å². The Bertz CT molecular complexity index is 971. The van der Waals surface area contributed by atoms with E-state index in [1.807, 2.05) is 21.1 Å². The zero-order valence-electron chi connectivity index (χ0n) is 36.5. The van der Waals surface area contributed by atoms with Crippen molar-refractivity contribution >= 4 is 13.7 Å². The Labute approximate surface area is 339 Å². The third-order valence-electron chi connectivity index (χ3n) is 10.3. The molecule has 326 valence electrons. The second kappa shape index (κ2) is 37.2.